The largest absolute Gasteiger partial charge is 0.373 e. The highest BCUT2D eigenvalue weighted by molar-refractivity contribution is 6.03. The van der Waals surface area contributed by atoms with E-state index in [-0.39, 0.29) is 12.5 Å². The summed E-state index contributed by atoms with van der Waals surface area (Å²) in [5.74, 6) is 1.46. The van der Waals surface area contributed by atoms with E-state index in [4.69, 9.17) is 0 Å². The maximum atomic E-state index is 11.9. The molecule has 0 radical (unpaired) electrons. The van der Waals surface area contributed by atoms with E-state index in [9.17, 15) is 4.79 Å². The summed E-state index contributed by atoms with van der Waals surface area (Å²) < 4.78 is 0. The number of amides is 1. The Bertz CT molecular complexity index is 670. The number of carbonyl (C=O) groups is 1. The zero-order valence-electron chi connectivity index (χ0n) is 11.3. The molecule has 0 saturated heterocycles. The first-order chi connectivity index (χ1) is 9.70. The van der Waals surface area contributed by atoms with Crippen molar-refractivity contribution in [1.82, 2.24) is 9.97 Å². The van der Waals surface area contributed by atoms with Crippen LogP contribution in [0.5, 0.6) is 0 Å². The molecule has 3 rings (SSSR count). The fourth-order valence-corrected chi connectivity index (χ4v) is 2.39. The summed E-state index contributed by atoms with van der Waals surface area (Å²) >= 11 is 0. The molecule has 0 spiro atoms. The number of hydrogen-bond acceptors (Lipinski definition) is 5. The zero-order valence-corrected chi connectivity index (χ0v) is 11.3. The van der Waals surface area contributed by atoms with Crippen LogP contribution in [0.2, 0.25) is 0 Å². The predicted octanol–water partition coefficient (Wildman–Crippen LogP) is 1.92. The van der Waals surface area contributed by atoms with Gasteiger partial charge in [0, 0.05) is 12.6 Å². The number of rotatable bonds is 2. The van der Waals surface area contributed by atoms with Crippen LogP contribution in [-0.4, -0.2) is 29.5 Å². The van der Waals surface area contributed by atoms with Gasteiger partial charge in [0.05, 0.1) is 11.4 Å². The molecule has 1 amide bonds. The molecular weight excluding hydrogens is 254 g/mol. The maximum absolute atomic E-state index is 11.9. The first-order valence-corrected chi connectivity index (χ1v) is 6.36. The molecule has 2 N–H and O–H groups in total. The number of para-hydroxylation sites is 2. The molecule has 1 aromatic carbocycles. The molecule has 0 aliphatic carbocycles. The van der Waals surface area contributed by atoms with Gasteiger partial charge in [-0.2, -0.15) is 0 Å². The van der Waals surface area contributed by atoms with Crippen LogP contribution in [0.25, 0.3) is 0 Å². The SMILES string of the molecule is CNc1ncnc(N2CC(=O)Nc3ccccc32)c1C. The van der Waals surface area contributed by atoms with Crippen molar-refractivity contribution in [3.05, 3.63) is 36.2 Å². The Morgan fingerprint density at radius 3 is 2.90 bits per heavy atom. The number of carbonyl (C=O) groups excluding carboxylic acids is 1. The van der Waals surface area contributed by atoms with Crippen LogP contribution < -0.4 is 15.5 Å². The Labute approximate surface area is 116 Å². The number of hydrogen-bond donors (Lipinski definition) is 2. The van der Waals surface area contributed by atoms with E-state index in [0.29, 0.717) is 0 Å². The quantitative estimate of drug-likeness (QED) is 0.871. The van der Waals surface area contributed by atoms with Crippen LogP contribution in [0.1, 0.15) is 5.56 Å². The molecule has 0 bridgehead atoms. The molecule has 1 aliphatic rings. The lowest BCUT2D eigenvalue weighted by Crippen LogP contribution is -2.35. The lowest BCUT2D eigenvalue weighted by atomic mass is 10.1. The summed E-state index contributed by atoms with van der Waals surface area (Å²) in [5.41, 5.74) is 2.66. The maximum Gasteiger partial charge on any atom is 0.244 e. The standard InChI is InChI=1S/C14H15N5O/c1-9-13(15-2)16-8-17-14(9)19-7-12(20)18-10-5-3-4-6-11(10)19/h3-6,8H,7H2,1-2H3,(H,18,20)(H,15,16,17). The summed E-state index contributed by atoms with van der Waals surface area (Å²) in [4.78, 5) is 22.3. The second kappa shape index (κ2) is 4.80. The van der Waals surface area contributed by atoms with Crippen LogP contribution in [0.4, 0.5) is 23.0 Å². The Hall–Kier alpha value is -2.63. The Morgan fingerprint density at radius 1 is 1.30 bits per heavy atom. The minimum Gasteiger partial charge on any atom is -0.373 e. The van der Waals surface area contributed by atoms with Crippen LogP contribution in [0, 0.1) is 6.92 Å². The molecule has 102 valence electrons. The van der Waals surface area contributed by atoms with E-state index < -0.39 is 0 Å². The smallest absolute Gasteiger partial charge is 0.244 e. The summed E-state index contributed by atoms with van der Waals surface area (Å²) in [6.07, 6.45) is 1.50. The Kier molecular flexibility index (Phi) is 2.98. The minimum atomic E-state index is -0.0484. The molecule has 0 atom stereocenters. The normalized spacial score (nSPS) is 13.7. The van der Waals surface area contributed by atoms with Crippen molar-refractivity contribution in [3.63, 3.8) is 0 Å². The molecule has 0 fully saturated rings. The molecule has 6 nitrogen and oxygen atoms in total. The highest BCUT2D eigenvalue weighted by atomic mass is 16.2. The van der Waals surface area contributed by atoms with Crippen LogP contribution in [-0.2, 0) is 4.79 Å². The monoisotopic (exact) mass is 269 g/mol. The fraction of sp³-hybridized carbons (Fsp3) is 0.214. The van der Waals surface area contributed by atoms with Crippen molar-refractivity contribution in [2.45, 2.75) is 6.92 Å². The number of nitrogens with zero attached hydrogens (tertiary/aromatic N) is 3. The number of fused-ring (bicyclic) bond motifs is 1. The third kappa shape index (κ3) is 1.95. The van der Waals surface area contributed by atoms with Crippen molar-refractivity contribution in [2.24, 2.45) is 0 Å². The molecule has 2 aromatic rings. The van der Waals surface area contributed by atoms with Gasteiger partial charge in [0.1, 0.15) is 24.5 Å². The van der Waals surface area contributed by atoms with Gasteiger partial charge in [0.25, 0.3) is 0 Å². The lowest BCUT2D eigenvalue weighted by molar-refractivity contribution is -0.115. The number of nitrogens with one attached hydrogen (secondary N) is 2. The van der Waals surface area contributed by atoms with Crippen LogP contribution in [0.15, 0.2) is 30.6 Å². The first-order valence-electron chi connectivity index (χ1n) is 6.36. The zero-order chi connectivity index (χ0) is 14.1. The van der Waals surface area contributed by atoms with Gasteiger partial charge in [0.2, 0.25) is 5.91 Å². The van der Waals surface area contributed by atoms with Crippen LogP contribution >= 0.6 is 0 Å². The van der Waals surface area contributed by atoms with E-state index in [1.807, 2.05) is 43.1 Å². The van der Waals surface area contributed by atoms with Gasteiger partial charge >= 0.3 is 0 Å². The van der Waals surface area contributed by atoms with Gasteiger partial charge in [-0.15, -0.1) is 0 Å². The van der Waals surface area contributed by atoms with E-state index in [1.165, 1.54) is 6.33 Å². The molecule has 1 aliphatic heterocycles. The third-order valence-corrected chi connectivity index (χ3v) is 3.32. The van der Waals surface area contributed by atoms with E-state index in [2.05, 4.69) is 20.6 Å². The topological polar surface area (TPSA) is 70.2 Å². The molecular formula is C14H15N5O. The molecule has 6 heteroatoms. The second-order valence-corrected chi connectivity index (χ2v) is 4.57. The highest BCUT2D eigenvalue weighted by Gasteiger charge is 2.25. The Balaban J connectivity index is 2.13. The van der Waals surface area contributed by atoms with E-state index in [0.717, 1.165) is 28.6 Å². The van der Waals surface area contributed by atoms with Gasteiger partial charge in [-0.05, 0) is 19.1 Å². The van der Waals surface area contributed by atoms with Crippen molar-refractivity contribution >= 4 is 28.9 Å². The van der Waals surface area contributed by atoms with E-state index in [1.54, 1.807) is 0 Å². The molecule has 0 saturated carbocycles. The predicted molar refractivity (Wildman–Crippen MR) is 78.4 cm³/mol. The van der Waals surface area contributed by atoms with Crippen LogP contribution in [0.3, 0.4) is 0 Å². The highest BCUT2D eigenvalue weighted by Crippen LogP contribution is 2.35. The second-order valence-electron chi connectivity index (χ2n) is 4.57. The third-order valence-electron chi connectivity index (χ3n) is 3.32. The van der Waals surface area contributed by atoms with Gasteiger partial charge in [-0.1, -0.05) is 12.1 Å². The van der Waals surface area contributed by atoms with Crippen molar-refractivity contribution in [3.8, 4) is 0 Å². The summed E-state index contributed by atoms with van der Waals surface area (Å²) in [5, 5.41) is 5.90. The van der Waals surface area contributed by atoms with Crippen molar-refractivity contribution in [1.29, 1.82) is 0 Å². The lowest BCUT2D eigenvalue weighted by Gasteiger charge is -2.31. The van der Waals surface area contributed by atoms with E-state index >= 15 is 0 Å². The average Bonchev–Trinajstić information content (AvgIpc) is 2.46. The minimum absolute atomic E-state index is 0.0484. The van der Waals surface area contributed by atoms with Crippen molar-refractivity contribution in [2.75, 3.05) is 29.1 Å². The fourth-order valence-electron chi connectivity index (χ4n) is 2.39. The Morgan fingerprint density at radius 2 is 2.10 bits per heavy atom. The van der Waals surface area contributed by atoms with Gasteiger partial charge in [-0.3, -0.25) is 4.79 Å². The van der Waals surface area contributed by atoms with Gasteiger partial charge in [-0.25, -0.2) is 9.97 Å². The van der Waals surface area contributed by atoms with Gasteiger partial charge < -0.3 is 15.5 Å². The molecule has 2 heterocycles. The van der Waals surface area contributed by atoms with Gasteiger partial charge in [0.15, 0.2) is 0 Å². The summed E-state index contributed by atoms with van der Waals surface area (Å²) in [7, 11) is 1.82. The van der Waals surface area contributed by atoms with Crippen molar-refractivity contribution < 1.29 is 4.79 Å². The number of anilines is 4. The molecule has 0 unspecified atom stereocenters. The number of benzene rings is 1. The molecule has 20 heavy (non-hydrogen) atoms. The molecule has 1 aromatic heterocycles. The summed E-state index contributed by atoms with van der Waals surface area (Å²) in [6, 6.07) is 7.69. The average molecular weight is 269 g/mol. The summed E-state index contributed by atoms with van der Waals surface area (Å²) in [6.45, 7) is 2.19. The number of aromatic nitrogens is 2. The first kappa shape index (κ1) is 12.4.